The maximum Gasteiger partial charge on any atom is 0.126 e. The predicted molar refractivity (Wildman–Crippen MR) is 64.6 cm³/mol. The van der Waals surface area contributed by atoms with Gasteiger partial charge in [0.25, 0.3) is 0 Å². The summed E-state index contributed by atoms with van der Waals surface area (Å²) in [6, 6.07) is 11.0. The molecule has 0 heterocycles. The van der Waals surface area contributed by atoms with E-state index in [0.717, 1.165) is 23.6 Å². The lowest BCUT2D eigenvalue weighted by Crippen LogP contribution is -2.02. The number of hydrogen-bond acceptors (Lipinski definition) is 1. The molecule has 0 aliphatic rings. The summed E-state index contributed by atoms with van der Waals surface area (Å²) >= 11 is 0. The molecule has 0 fully saturated rings. The zero-order chi connectivity index (χ0) is 12.3. The second-order valence-corrected chi connectivity index (χ2v) is 3.89. The summed E-state index contributed by atoms with van der Waals surface area (Å²) in [4.78, 5) is 0. The molecule has 0 aromatic heterocycles. The Bertz CT molecular complexity index is 486. The molecular formula is C14H13F2N. The molecule has 0 saturated heterocycles. The molecule has 0 bridgehead atoms. The van der Waals surface area contributed by atoms with Crippen LogP contribution >= 0.6 is 0 Å². The molecule has 0 amide bonds. The molecule has 2 aromatic rings. The van der Waals surface area contributed by atoms with Crippen LogP contribution in [-0.2, 0) is 6.42 Å². The molecule has 2 rings (SSSR count). The van der Waals surface area contributed by atoms with Crippen LogP contribution in [0.3, 0.4) is 0 Å². The van der Waals surface area contributed by atoms with E-state index in [1.54, 1.807) is 0 Å². The molecule has 88 valence electrons. The van der Waals surface area contributed by atoms with Crippen molar-refractivity contribution in [1.82, 2.24) is 0 Å². The summed E-state index contributed by atoms with van der Waals surface area (Å²) in [5.41, 5.74) is 7.91. The SMILES string of the molecule is NCCc1ccc(-c2cc(F)cc(F)c2)cc1. The summed E-state index contributed by atoms with van der Waals surface area (Å²) in [5.74, 6) is -1.13. The van der Waals surface area contributed by atoms with Gasteiger partial charge in [0.05, 0.1) is 0 Å². The van der Waals surface area contributed by atoms with E-state index in [1.165, 1.54) is 12.1 Å². The van der Waals surface area contributed by atoms with E-state index < -0.39 is 11.6 Å². The van der Waals surface area contributed by atoms with Gasteiger partial charge in [-0.3, -0.25) is 0 Å². The Labute approximate surface area is 98.9 Å². The van der Waals surface area contributed by atoms with Crippen molar-refractivity contribution < 1.29 is 8.78 Å². The van der Waals surface area contributed by atoms with Crippen molar-refractivity contribution in [3.63, 3.8) is 0 Å². The van der Waals surface area contributed by atoms with Crippen molar-refractivity contribution >= 4 is 0 Å². The molecule has 2 aromatic carbocycles. The number of halogens is 2. The average molecular weight is 233 g/mol. The number of benzene rings is 2. The topological polar surface area (TPSA) is 26.0 Å². The van der Waals surface area contributed by atoms with Gasteiger partial charge < -0.3 is 5.73 Å². The van der Waals surface area contributed by atoms with Crippen LogP contribution in [0.1, 0.15) is 5.56 Å². The fourth-order valence-corrected chi connectivity index (χ4v) is 1.75. The third-order valence-corrected chi connectivity index (χ3v) is 2.58. The van der Waals surface area contributed by atoms with Crippen LogP contribution in [0.2, 0.25) is 0 Å². The highest BCUT2D eigenvalue weighted by molar-refractivity contribution is 5.63. The van der Waals surface area contributed by atoms with Crippen LogP contribution in [-0.4, -0.2) is 6.54 Å². The van der Waals surface area contributed by atoms with Crippen LogP contribution in [0.4, 0.5) is 8.78 Å². The first kappa shape index (κ1) is 11.7. The zero-order valence-electron chi connectivity index (χ0n) is 9.29. The second-order valence-electron chi connectivity index (χ2n) is 3.89. The molecule has 0 atom stereocenters. The third-order valence-electron chi connectivity index (χ3n) is 2.58. The molecule has 0 spiro atoms. The van der Waals surface area contributed by atoms with Gasteiger partial charge in [-0.15, -0.1) is 0 Å². The highest BCUT2D eigenvalue weighted by Gasteiger charge is 2.03. The van der Waals surface area contributed by atoms with Gasteiger partial charge >= 0.3 is 0 Å². The van der Waals surface area contributed by atoms with Crippen molar-refractivity contribution in [2.45, 2.75) is 6.42 Å². The highest BCUT2D eigenvalue weighted by atomic mass is 19.1. The first-order chi connectivity index (χ1) is 8.19. The van der Waals surface area contributed by atoms with Gasteiger partial charge in [0.1, 0.15) is 11.6 Å². The van der Waals surface area contributed by atoms with Crippen molar-refractivity contribution in [3.8, 4) is 11.1 Å². The summed E-state index contributed by atoms with van der Waals surface area (Å²) < 4.78 is 26.1. The van der Waals surface area contributed by atoms with Crippen LogP contribution in [0.5, 0.6) is 0 Å². The van der Waals surface area contributed by atoms with Gasteiger partial charge in [0, 0.05) is 6.07 Å². The maximum absolute atomic E-state index is 13.1. The molecule has 1 nitrogen and oxygen atoms in total. The Morgan fingerprint density at radius 1 is 0.824 bits per heavy atom. The monoisotopic (exact) mass is 233 g/mol. The first-order valence-electron chi connectivity index (χ1n) is 5.44. The molecule has 0 saturated carbocycles. The van der Waals surface area contributed by atoms with Gasteiger partial charge in [-0.1, -0.05) is 24.3 Å². The minimum atomic E-state index is -0.564. The van der Waals surface area contributed by atoms with Crippen molar-refractivity contribution in [2.75, 3.05) is 6.54 Å². The fourth-order valence-electron chi connectivity index (χ4n) is 1.75. The molecule has 0 unspecified atom stereocenters. The Morgan fingerprint density at radius 2 is 1.41 bits per heavy atom. The third kappa shape index (κ3) is 2.88. The number of rotatable bonds is 3. The summed E-state index contributed by atoms with van der Waals surface area (Å²) in [6.45, 7) is 0.591. The number of nitrogens with two attached hydrogens (primary N) is 1. The molecule has 17 heavy (non-hydrogen) atoms. The van der Waals surface area contributed by atoms with Crippen LogP contribution in [0, 0.1) is 11.6 Å². The largest absolute Gasteiger partial charge is 0.330 e. The smallest absolute Gasteiger partial charge is 0.126 e. The van der Waals surface area contributed by atoms with Gasteiger partial charge in [0.15, 0.2) is 0 Å². The van der Waals surface area contributed by atoms with E-state index in [1.807, 2.05) is 24.3 Å². The highest BCUT2D eigenvalue weighted by Crippen LogP contribution is 2.22. The van der Waals surface area contributed by atoms with Gasteiger partial charge in [-0.05, 0) is 41.8 Å². The van der Waals surface area contributed by atoms with Crippen LogP contribution < -0.4 is 5.73 Å². The van der Waals surface area contributed by atoms with Crippen molar-refractivity contribution in [1.29, 1.82) is 0 Å². The molecule has 0 aliphatic carbocycles. The standard InChI is InChI=1S/C14H13F2N/c15-13-7-12(8-14(16)9-13)11-3-1-10(2-4-11)5-6-17/h1-4,7-9H,5-6,17H2. The van der Waals surface area contributed by atoms with Crippen molar-refractivity contribution in [3.05, 3.63) is 59.7 Å². The van der Waals surface area contributed by atoms with E-state index in [0.29, 0.717) is 12.1 Å². The quantitative estimate of drug-likeness (QED) is 0.866. The Hall–Kier alpha value is -1.74. The Kier molecular flexibility index (Phi) is 3.49. The summed E-state index contributed by atoms with van der Waals surface area (Å²) in [6.07, 6.45) is 0.803. The first-order valence-corrected chi connectivity index (χ1v) is 5.44. The lowest BCUT2D eigenvalue weighted by molar-refractivity contribution is 0.584. The number of hydrogen-bond donors (Lipinski definition) is 1. The van der Waals surface area contributed by atoms with Gasteiger partial charge in [-0.2, -0.15) is 0 Å². The maximum atomic E-state index is 13.1. The van der Waals surface area contributed by atoms with Gasteiger partial charge in [0.2, 0.25) is 0 Å². The van der Waals surface area contributed by atoms with Gasteiger partial charge in [-0.25, -0.2) is 8.78 Å². The lowest BCUT2D eigenvalue weighted by Gasteiger charge is -2.04. The molecular weight excluding hydrogens is 220 g/mol. The van der Waals surface area contributed by atoms with E-state index in [9.17, 15) is 8.78 Å². The van der Waals surface area contributed by atoms with E-state index >= 15 is 0 Å². The van der Waals surface area contributed by atoms with E-state index in [4.69, 9.17) is 5.73 Å². The summed E-state index contributed by atoms with van der Waals surface area (Å²) in [7, 11) is 0. The molecule has 0 radical (unpaired) electrons. The second kappa shape index (κ2) is 5.06. The van der Waals surface area contributed by atoms with Crippen LogP contribution in [0.25, 0.3) is 11.1 Å². The predicted octanol–water partition coefficient (Wildman–Crippen LogP) is 3.13. The van der Waals surface area contributed by atoms with E-state index in [2.05, 4.69) is 0 Å². The molecule has 0 aliphatic heterocycles. The Morgan fingerprint density at radius 3 is 1.94 bits per heavy atom. The Balaban J connectivity index is 2.32. The van der Waals surface area contributed by atoms with E-state index in [-0.39, 0.29) is 0 Å². The normalized spacial score (nSPS) is 10.5. The molecule has 2 N–H and O–H groups in total. The molecule has 3 heteroatoms. The zero-order valence-corrected chi connectivity index (χ0v) is 9.29. The lowest BCUT2D eigenvalue weighted by atomic mass is 10.0. The van der Waals surface area contributed by atoms with Crippen LogP contribution in [0.15, 0.2) is 42.5 Å². The fraction of sp³-hybridized carbons (Fsp3) is 0.143. The summed E-state index contributed by atoms with van der Waals surface area (Å²) in [5, 5.41) is 0. The van der Waals surface area contributed by atoms with Crippen molar-refractivity contribution in [2.24, 2.45) is 5.73 Å². The average Bonchev–Trinajstić information content (AvgIpc) is 2.29. The minimum absolute atomic E-state index is 0.543. The minimum Gasteiger partial charge on any atom is -0.330 e.